The molecule has 1 fully saturated rings. The smallest absolute Gasteiger partial charge is 0.190 e. The molecule has 0 aliphatic carbocycles. The van der Waals surface area contributed by atoms with Gasteiger partial charge in [-0.25, -0.2) is 0 Å². The topological polar surface area (TPSA) is 52.6 Å². The maximum atomic E-state index is 4.33. The Morgan fingerprint density at radius 1 is 1.26 bits per heavy atom. The summed E-state index contributed by atoms with van der Waals surface area (Å²) in [6.07, 6.45) is 6.86. The summed E-state index contributed by atoms with van der Waals surface area (Å²) in [6, 6.07) is 6.03. The molecule has 1 unspecified atom stereocenters. The average Bonchev–Trinajstić information content (AvgIpc) is 2.59. The molecular formula is C18H31N5. The van der Waals surface area contributed by atoms with Gasteiger partial charge in [-0.2, -0.15) is 0 Å². The molecule has 1 aromatic rings. The molecule has 0 spiro atoms. The number of nitrogens with zero attached hydrogens (tertiary/aromatic N) is 3. The summed E-state index contributed by atoms with van der Waals surface area (Å²) < 4.78 is 0. The monoisotopic (exact) mass is 317 g/mol. The fraction of sp³-hybridized carbons (Fsp3) is 0.667. The van der Waals surface area contributed by atoms with Crippen LogP contribution in [0.5, 0.6) is 0 Å². The lowest BCUT2D eigenvalue weighted by atomic mass is 10.1. The van der Waals surface area contributed by atoms with Crippen molar-refractivity contribution in [3.8, 4) is 0 Å². The summed E-state index contributed by atoms with van der Waals surface area (Å²) in [5.41, 5.74) is 1.11. The molecule has 0 aromatic carbocycles. The van der Waals surface area contributed by atoms with Crippen LogP contribution in [0.2, 0.25) is 0 Å². The number of piperidine rings is 1. The van der Waals surface area contributed by atoms with E-state index in [9.17, 15) is 0 Å². The second-order valence-corrected chi connectivity index (χ2v) is 6.42. The number of aromatic nitrogens is 1. The third-order valence-corrected chi connectivity index (χ3v) is 4.26. The average molecular weight is 317 g/mol. The minimum atomic E-state index is 0.627. The summed E-state index contributed by atoms with van der Waals surface area (Å²) in [7, 11) is 1.82. The van der Waals surface area contributed by atoms with Gasteiger partial charge < -0.3 is 15.5 Å². The fourth-order valence-electron chi connectivity index (χ4n) is 2.99. The predicted octanol–water partition coefficient (Wildman–Crippen LogP) is 1.91. The molecule has 0 bridgehead atoms. The van der Waals surface area contributed by atoms with Crippen molar-refractivity contribution in [1.29, 1.82) is 0 Å². The Labute approximate surface area is 140 Å². The van der Waals surface area contributed by atoms with Gasteiger partial charge >= 0.3 is 0 Å². The number of hydrogen-bond acceptors (Lipinski definition) is 3. The molecule has 1 aliphatic rings. The first kappa shape index (κ1) is 17.7. The van der Waals surface area contributed by atoms with Crippen LogP contribution in [0.4, 0.5) is 0 Å². The summed E-state index contributed by atoms with van der Waals surface area (Å²) in [5, 5.41) is 6.80. The standard InChI is InChI=1S/C18H31N5/c1-16(15-23-12-6-3-7-13-23)14-22-18(19-2)21-11-9-17-8-4-5-10-20-17/h4-5,8,10,16H,3,6-7,9,11-15H2,1-2H3,(H2,19,21,22). The third-order valence-electron chi connectivity index (χ3n) is 4.26. The highest BCUT2D eigenvalue weighted by Gasteiger charge is 2.13. The summed E-state index contributed by atoms with van der Waals surface area (Å²) >= 11 is 0. The van der Waals surface area contributed by atoms with Gasteiger partial charge in [-0.05, 0) is 44.0 Å². The molecule has 1 aromatic heterocycles. The van der Waals surface area contributed by atoms with Crippen molar-refractivity contribution in [3.05, 3.63) is 30.1 Å². The molecule has 5 nitrogen and oxygen atoms in total. The minimum Gasteiger partial charge on any atom is -0.356 e. The first-order valence-corrected chi connectivity index (χ1v) is 8.84. The van der Waals surface area contributed by atoms with Gasteiger partial charge in [0.1, 0.15) is 0 Å². The third kappa shape index (κ3) is 6.99. The van der Waals surface area contributed by atoms with E-state index in [0.29, 0.717) is 5.92 Å². The van der Waals surface area contributed by atoms with Crippen LogP contribution in [0.1, 0.15) is 31.9 Å². The lowest BCUT2D eigenvalue weighted by molar-refractivity contribution is 0.201. The Hall–Kier alpha value is -1.62. The van der Waals surface area contributed by atoms with Crippen molar-refractivity contribution in [3.63, 3.8) is 0 Å². The molecular weight excluding hydrogens is 286 g/mol. The highest BCUT2D eigenvalue weighted by molar-refractivity contribution is 5.79. The zero-order valence-corrected chi connectivity index (χ0v) is 14.6. The molecule has 2 N–H and O–H groups in total. The van der Waals surface area contributed by atoms with Crippen LogP contribution in [0.15, 0.2) is 29.4 Å². The second-order valence-electron chi connectivity index (χ2n) is 6.42. The molecule has 2 heterocycles. The summed E-state index contributed by atoms with van der Waals surface area (Å²) in [6.45, 7) is 7.82. The van der Waals surface area contributed by atoms with Gasteiger partial charge in [0.15, 0.2) is 5.96 Å². The van der Waals surface area contributed by atoms with Crippen LogP contribution in [0.3, 0.4) is 0 Å². The number of rotatable bonds is 7. The van der Waals surface area contributed by atoms with E-state index in [1.54, 1.807) is 0 Å². The summed E-state index contributed by atoms with van der Waals surface area (Å²) in [5.74, 6) is 1.51. The quantitative estimate of drug-likeness (QED) is 0.596. The first-order chi connectivity index (χ1) is 11.3. The normalized spacial score (nSPS) is 17.7. The maximum absolute atomic E-state index is 4.33. The van der Waals surface area contributed by atoms with Gasteiger partial charge in [-0.15, -0.1) is 0 Å². The number of likely N-dealkylation sites (tertiary alicyclic amines) is 1. The van der Waals surface area contributed by atoms with Crippen LogP contribution in [-0.4, -0.2) is 55.6 Å². The van der Waals surface area contributed by atoms with E-state index in [-0.39, 0.29) is 0 Å². The van der Waals surface area contributed by atoms with Gasteiger partial charge in [-0.3, -0.25) is 9.98 Å². The lowest BCUT2D eigenvalue weighted by Crippen LogP contribution is -2.43. The van der Waals surface area contributed by atoms with Crippen molar-refractivity contribution in [1.82, 2.24) is 20.5 Å². The van der Waals surface area contributed by atoms with Crippen LogP contribution in [-0.2, 0) is 6.42 Å². The van der Waals surface area contributed by atoms with Crippen molar-refractivity contribution in [2.75, 3.05) is 39.8 Å². The Morgan fingerprint density at radius 2 is 2.09 bits per heavy atom. The molecule has 0 amide bonds. The highest BCUT2D eigenvalue weighted by atomic mass is 15.2. The zero-order chi connectivity index (χ0) is 16.3. The van der Waals surface area contributed by atoms with E-state index in [0.717, 1.165) is 31.2 Å². The van der Waals surface area contributed by atoms with Crippen molar-refractivity contribution in [2.45, 2.75) is 32.6 Å². The Bertz CT molecular complexity index is 454. The largest absolute Gasteiger partial charge is 0.356 e. The first-order valence-electron chi connectivity index (χ1n) is 8.84. The van der Waals surface area contributed by atoms with Gasteiger partial charge in [0.25, 0.3) is 0 Å². The number of guanidine groups is 1. The number of aliphatic imine (C=N–C) groups is 1. The number of pyridine rings is 1. The van der Waals surface area contributed by atoms with E-state index >= 15 is 0 Å². The SMILES string of the molecule is CN=C(NCCc1ccccn1)NCC(C)CN1CCCCC1. The van der Waals surface area contributed by atoms with Crippen LogP contribution in [0, 0.1) is 5.92 Å². The maximum Gasteiger partial charge on any atom is 0.190 e. The van der Waals surface area contributed by atoms with E-state index in [2.05, 4.69) is 38.5 Å². The van der Waals surface area contributed by atoms with Crippen LogP contribution in [0.25, 0.3) is 0 Å². The Balaban J connectivity index is 1.62. The summed E-state index contributed by atoms with van der Waals surface area (Å²) in [4.78, 5) is 11.2. The minimum absolute atomic E-state index is 0.627. The molecule has 5 heteroatoms. The van der Waals surface area contributed by atoms with Gasteiger partial charge in [0, 0.05) is 45.0 Å². The van der Waals surface area contributed by atoms with Crippen molar-refractivity contribution >= 4 is 5.96 Å². The van der Waals surface area contributed by atoms with E-state index in [1.165, 1.54) is 38.9 Å². The van der Waals surface area contributed by atoms with Gasteiger partial charge in [-0.1, -0.05) is 19.4 Å². The van der Waals surface area contributed by atoms with Crippen LogP contribution < -0.4 is 10.6 Å². The molecule has 1 saturated heterocycles. The molecule has 1 atom stereocenters. The van der Waals surface area contributed by atoms with E-state index in [4.69, 9.17) is 0 Å². The molecule has 0 radical (unpaired) electrons. The van der Waals surface area contributed by atoms with Crippen molar-refractivity contribution < 1.29 is 0 Å². The fourth-order valence-corrected chi connectivity index (χ4v) is 2.99. The predicted molar refractivity (Wildman–Crippen MR) is 96.8 cm³/mol. The zero-order valence-electron chi connectivity index (χ0n) is 14.6. The molecule has 2 rings (SSSR count). The number of nitrogens with one attached hydrogen (secondary N) is 2. The van der Waals surface area contributed by atoms with Gasteiger partial charge in [0.2, 0.25) is 0 Å². The van der Waals surface area contributed by atoms with E-state index < -0.39 is 0 Å². The lowest BCUT2D eigenvalue weighted by Gasteiger charge is -2.29. The van der Waals surface area contributed by atoms with Gasteiger partial charge in [0.05, 0.1) is 0 Å². The molecule has 128 valence electrons. The number of hydrogen-bond donors (Lipinski definition) is 2. The van der Waals surface area contributed by atoms with E-state index in [1.807, 2.05) is 25.4 Å². The Morgan fingerprint density at radius 3 is 2.78 bits per heavy atom. The Kier molecular flexibility index (Phi) is 7.87. The van der Waals surface area contributed by atoms with Crippen molar-refractivity contribution in [2.24, 2.45) is 10.9 Å². The molecule has 1 aliphatic heterocycles. The molecule has 23 heavy (non-hydrogen) atoms. The molecule has 0 saturated carbocycles. The highest BCUT2D eigenvalue weighted by Crippen LogP contribution is 2.10. The van der Waals surface area contributed by atoms with Crippen LogP contribution >= 0.6 is 0 Å². The second kappa shape index (κ2) is 10.2.